The fourth-order valence-corrected chi connectivity index (χ4v) is 2.22. The molecule has 0 bridgehead atoms. The van der Waals surface area contributed by atoms with E-state index in [0.717, 1.165) is 10.0 Å². The summed E-state index contributed by atoms with van der Waals surface area (Å²) in [5, 5.41) is 11.6. The highest BCUT2D eigenvalue weighted by molar-refractivity contribution is 9.10. The molecule has 0 aliphatic rings. The minimum Gasteiger partial charge on any atom is -0.322 e. The van der Waals surface area contributed by atoms with Crippen molar-refractivity contribution in [3.63, 3.8) is 0 Å². The van der Waals surface area contributed by atoms with Gasteiger partial charge in [-0.25, -0.2) is 0 Å². The molecule has 0 atom stereocenters. The van der Waals surface area contributed by atoms with Crippen molar-refractivity contribution in [2.75, 3.05) is 5.32 Å². The zero-order valence-electron chi connectivity index (χ0n) is 10.3. The second kappa shape index (κ2) is 5.68. The highest BCUT2D eigenvalue weighted by Crippen LogP contribution is 2.18. The van der Waals surface area contributed by atoms with Gasteiger partial charge in [-0.2, -0.15) is 5.26 Å². The summed E-state index contributed by atoms with van der Waals surface area (Å²) in [5.74, 6) is -0.180. The molecule has 94 valence electrons. The van der Waals surface area contributed by atoms with E-state index in [1.807, 2.05) is 25.1 Å². The van der Waals surface area contributed by atoms with Crippen LogP contribution in [-0.2, 0) is 0 Å². The number of anilines is 1. The molecule has 0 radical (unpaired) electrons. The first-order valence-corrected chi connectivity index (χ1v) is 6.47. The van der Waals surface area contributed by atoms with Crippen molar-refractivity contribution < 1.29 is 4.79 Å². The number of hydrogen-bond donors (Lipinski definition) is 1. The fraction of sp³-hybridized carbons (Fsp3) is 0.0667. The van der Waals surface area contributed by atoms with Crippen molar-refractivity contribution in [3.05, 3.63) is 63.6 Å². The van der Waals surface area contributed by atoms with E-state index >= 15 is 0 Å². The van der Waals surface area contributed by atoms with Gasteiger partial charge in [0, 0.05) is 15.7 Å². The third-order valence-corrected chi connectivity index (χ3v) is 3.18. The molecule has 0 aromatic heterocycles. The van der Waals surface area contributed by atoms with Crippen molar-refractivity contribution in [1.82, 2.24) is 0 Å². The van der Waals surface area contributed by atoms with Crippen molar-refractivity contribution >= 4 is 27.5 Å². The third kappa shape index (κ3) is 3.21. The molecule has 1 N–H and O–H groups in total. The fourth-order valence-electron chi connectivity index (χ4n) is 1.75. The highest BCUT2D eigenvalue weighted by Gasteiger charge is 2.09. The van der Waals surface area contributed by atoms with Crippen molar-refractivity contribution in [1.29, 1.82) is 5.26 Å². The van der Waals surface area contributed by atoms with E-state index < -0.39 is 0 Å². The van der Waals surface area contributed by atoms with Crippen LogP contribution in [-0.4, -0.2) is 5.91 Å². The predicted molar refractivity (Wildman–Crippen MR) is 78.0 cm³/mol. The number of benzene rings is 2. The van der Waals surface area contributed by atoms with Crippen LogP contribution in [0.15, 0.2) is 46.9 Å². The topological polar surface area (TPSA) is 52.9 Å². The molecule has 2 aromatic rings. The van der Waals surface area contributed by atoms with Crippen LogP contribution < -0.4 is 5.32 Å². The summed E-state index contributed by atoms with van der Waals surface area (Å²) in [7, 11) is 0. The Morgan fingerprint density at radius 2 is 2.05 bits per heavy atom. The summed E-state index contributed by atoms with van der Waals surface area (Å²) in [6.07, 6.45) is 0. The zero-order chi connectivity index (χ0) is 13.8. The summed E-state index contributed by atoms with van der Waals surface area (Å²) >= 11 is 3.36. The monoisotopic (exact) mass is 314 g/mol. The van der Waals surface area contributed by atoms with E-state index in [-0.39, 0.29) is 5.91 Å². The van der Waals surface area contributed by atoms with Gasteiger partial charge in [0.2, 0.25) is 0 Å². The first-order valence-electron chi connectivity index (χ1n) is 5.68. The number of halogens is 1. The maximum absolute atomic E-state index is 12.1. The molecular formula is C15H11BrN2O. The quantitative estimate of drug-likeness (QED) is 0.914. The minimum absolute atomic E-state index is 0.180. The molecule has 0 aliphatic carbocycles. The molecule has 0 fully saturated rings. The number of amides is 1. The van der Waals surface area contributed by atoms with Crippen molar-refractivity contribution in [3.8, 4) is 6.07 Å². The van der Waals surface area contributed by atoms with Gasteiger partial charge in [-0.3, -0.25) is 4.79 Å². The van der Waals surface area contributed by atoms with Crippen molar-refractivity contribution in [2.45, 2.75) is 6.92 Å². The zero-order valence-corrected chi connectivity index (χ0v) is 11.9. The average molecular weight is 315 g/mol. The number of carbonyl (C=O) groups is 1. The maximum atomic E-state index is 12.1. The Kier molecular flexibility index (Phi) is 3.98. The number of nitrogens with zero attached hydrogens (tertiary/aromatic N) is 1. The van der Waals surface area contributed by atoms with Gasteiger partial charge in [-0.1, -0.05) is 22.0 Å². The van der Waals surface area contributed by atoms with Gasteiger partial charge in [0.15, 0.2) is 0 Å². The summed E-state index contributed by atoms with van der Waals surface area (Å²) in [5.41, 5.74) is 2.64. The van der Waals surface area contributed by atoms with E-state index in [9.17, 15) is 4.79 Å². The molecule has 0 heterocycles. The van der Waals surface area contributed by atoms with Crippen LogP contribution in [0.1, 0.15) is 21.5 Å². The lowest BCUT2D eigenvalue weighted by Crippen LogP contribution is -2.13. The second-order valence-corrected chi connectivity index (χ2v) is 5.02. The maximum Gasteiger partial charge on any atom is 0.255 e. The third-order valence-electron chi connectivity index (χ3n) is 2.68. The largest absolute Gasteiger partial charge is 0.322 e. The van der Waals surface area contributed by atoms with E-state index in [1.54, 1.807) is 30.3 Å². The van der Waals surface area contributed by atoms with E-state index in [2.05, 4.69) is 21.2 Å². The highest BCUT2D eigenvalue weighted by atomic mass is 79.9. The molecule has 0 saturated carbocycles. The van der Waals surface area contributed by atoms with Crippen LogP contribution >= 0.6 is 15.9 Å². The summed E-state index contributed by atoms with van der Waals surface area (Å²) in [4.78, 5) is 12.1. The predicted octanol–water partition coefficient (Wildman–Crippen LogP) is 3.88. The van der Waals surface area contributed by atoms with Gasteiger partial charge < -0.3 is 5.32 Å². The Hall–Kier alpha value is -2.12. The normalized spacial score (nSPS) is 9.74. The average Bonchev–Trinajstić information content (AvgIpc) is 2.38. The Labute approximate surface area is 120 Å². The van der Waals surface area contributed by atoms with Crippen LogP contribution in [0.5, 0.6) is 0 Å². The molecule has 0 spiro atoms. The van der Waals surface area contributed by atoms with Gasteiger partial charge in [-0.15, -0.1) is 0 Å². The molecule has 0 saturated heterocycles. The molecule has 1 amide bonds. The van der Waals surface area contributed by atoms with E-state index in [4.69, 9.17) is 5.26 Å². The van der Waals surface area contributed by atoms with Crippen LogP contribution in [0, 0.1) is 18.3 Å². The van der Waals surface area contributed by atoms with Crippen LogP contribution in [0.3, 0.4) is 0 Å². The lowest BCUT2D eigenvalue weighted by molar-refractivity contribution is 0.102. The molecular weight excluding hydrogens is 304 g/mol. The van der Waals surface area contributed by atoms with Gasteiger partial charge in [0.1, 0.15) is 0 Å². The summed E-state index contributed by atoms with van der Waals surface area (Å²) in [6, 6.07) is 14.4. The van der Waals surface area contributed by atoms with Gasteiger partial charge in [0.05, 0.1) is 11.6 Å². The molecule has 2 rings (SSSR count). The number of rotatable bonds is 2. The molecule has 3 nitrogen and oxygen atoms in total. The van der Waals surface area contributed by atoms with E-state index in [0.29, 0.717) is 16.8 Å². The van der Waals surface area contributed by atoms with Gasteiger partial charge in [-0.05, 0) is 48.9 Å². The molecule has 2 aromatic carbocycles. The second-order valence-electron chi connectivity index (χ2n) is 4.11. The Balaban J connectivity index is 2.23. The Morgan fingerprint density at radius 3 is 2.74 bits per heavy atom. The summed E-state index contributed by atoms with van der Waals surface area (Å²) < 4.78 is 0.938. The SMILES string of the molecule is Cc1cc(Br)ccc1C(=O)Nc1cccc(C#N)c1. The first kappa shape index (κ1) is 13.3. The molecule has 0 unspecified atom stereocenters. The molecule has 0 aliphatic heterocycles. The number of aryl methyl sites for hydroxylation is 1. The Morgan fingerprint density at radius 1 is 1.26 bits per heavy atom. The van der Waals surface area contributed by atoms with Gasteiger partial charge in [0.25, 0.3) is 5.91 Å². The van der Waals surface area contributed by atoms with Crippen LogP contribution in [0.25, 0.3) is 0 Å². The first-order chi connectivity index (χ1) is 9.10. The smallest absolute Gasteiger partial charge is 0.255 e. The number of nitrogens with one attached hydrogen (secondary N) is 1. The van der Waals surface area contributed by atoms with E-state index in [1.165, 1.54) is 0 Å². The number of nitriles is 1. The summed E-state index contributed by atoms with van der Waals surface area (Å²) in [6.45, 7) is 1.88. The van der Waals surface area contributed by atoms with Crippen molar-refractivity contribution in [2.24, 2.45) is 0 Å². The molecule has 19 heavy (non-hydrogen) atoms. The lowest BCUT2D eigenvalue weighted by Gasteiger charge is -2.08. The molecule has 4 heteroatoms. The van der Waals surface area contributed by atoms with Crippen LogP contribution in [0.4, 0.5) is 5.69 Å². The Bertz CT molecular complexity index is 674. The standard InChI is InChI=1S/C15H11BrN2O/c1-10-7-12(16)5-6-14(10)15(19)18-13-4-2-3-11(8-13)9-17/h2-8H,1H3,(H,18,19). The number of hydrogen-bond acceptors (Lipinski definition) is 2. The van der Waals surface area contributed by atoms with Crippen LogP contribution in [0.2, 0.25) is 0 Å². The lowest BCUT2D eigenvalue weighted by atomic mass is 10.1. The number of carbonyl (C=O) groups excluding carboxylic acids is 1. The van der Waals surface area contributed by atoms with Gasteiger partial charge >= 0.3 is 0 Å². The minimum atomic E-state index is -0.180.